The molecule has 2 aromatic rings. The van der Waals surface area contributed by atoms with Crippen LogP contribution < -0.4 is 26.6 Å². The molecule has 4 rings (SSSR count). The summed E-state index contributed by atoms with van der Waals surface area (Å²) in [5.74, 6) is -0.567. The fourth-order valence-corrected chi connectivity index (χ4v) is 5.02. The van der Waals surface area contributed by atoms with E-state index in [1.165, 1.54) is 11.3 Å². The van der Waals surface area contributed by atoms with Crippen LogP contribution in [0.1, 0.15) is 36.2 Å². The number of hydrogen-bond acceptors (Lipinski definition) is 8. The number of piperidine rings is 1. The molecule has 0 aliphatic carbocycles. The highest BCUT2D eigenvalue weighted by molar-refractivity contribution is 7.13. The maximum Gasteiger partial charge on any atom is 0.275 e. The fourth-order valence-electron chi connectivity index (χ4n) is 4.25. The van der Waals surface area contributed by atoms with E-state index in [0.717, 1.165) is 42.6 Å². The minimum absolute atomic E-state index is 0.243. The lowest BCUT2D eigenvalue weighted by Crippen LogP contribution is -2.59. The molecular weight excluding hydrogens is 428 g/mol. The summed E-state index contributed by atoms with van der Waals surface area (Å²) in [6.07, 6.45) is 3.09. The molecule has 0 saturated carbocycles. The summed E-state index contributed by atoms with van der Waals surface area (Å²) in [5.41, 5.74) is 6.98. The van der Waals surface area contributed by atoms with E-state index in [9.17, 15) is 9.59 Å². The first-order valence-electron chi connectivity index (χ1n) is 10.9. The molecule has 10 heteroatoms. The number of hydrogen-bond donors (Lipinski definition) is 4. The van der Waals surface area contributed by atoms with Crippen LogP contribution in [0, 0.1) is 0 Å². The minimum atomic E-state index is -0.677. The van der Waals surface area contributed by atoms with Gasteiger partial charge in [-0.1, -0.05) is 12.1 Å². The van der Waals surface area contributed by atoms with Gasteiger partial charge in [0.25, 0.3) is 5.91 Å². The number of likely N-dealkylation sites (N-methyl/N-ethyl adjacent to an activating group) is 1. The van der Waals surface area contributed by atoms with Gasteiger partial charge < -0.3 is 31.3 Å². The number of primary amides is 1. The molecule has 2 aliphatic heterocycles. The Morgan fingerprint density at radius 2 is 1.94 bits per heavy atom. The van der Waals surface area contributed by atoms with Gasteiger partial charge in [0.05, 0.1) is 11.4 Å². The SMILES string of the molecule is CNC1(C(N)=O)CCN(c2ccccc2NC(=O)c2csc(NC3CCOCC3)n2)CC1. The van der Waals surface area contributed by atoms with Gasteiger partial charge in [-0.2, -0.15) is 0 Å². The van der Waals surface area contributed by atoms with Gasteiger partial charge >= 0.3 is 0 Å². The van der Waals surface area contributed by atoms with E-state index < -0.39 is 5.54 Å². The van der Waals surface area contributed by atoms with E-state index >= 15 is 0 Å². The zero-order chi connectivity index (χ0) is 22.6. The Bertz CT molecular complexity index is 951. The summed E-state index contributed by atoms with van der Waals surface area (Å²) < 4.78 is 5.39. The molecule has 3 heterocycles. The molecule has 0 atom stereocenters. The quantitative estimate of drug-likeness (QED) is 0.501. The number of nitrogens with two attached hydrogens (primary N) is 1. The van der Waals surface area contributed by atoms with E-state index in [-0.39, 0.29) is 11.8 Å². The first-order valence-corrected chi connectivity index (χ1v) is 11.8. The number of nitrogens with zero attached hydrogens (tertiary/aromatic N) is 2. The van der Waals surface area contributed by atoms with Crippen molar-refractivity contribution in [1.29, 1.82) is 0 Å². The Balaban J connectivity index is 1.41. The Kier molecular flexibility index (Phi) is 6.92. The number of amides is 2. The number of carbonyl (C=O) groups is 2. The van der Waals surface area contributed by atoms with Crippen LogP contribution >= 0.6 is 11.3 Å². The van der Waals surface area contributed by atoms with Crippen LogP contribution in [-0.4, -0.2) is 61.7 Å². The van der Waals surface area contributed by atoms with Gasteiger partial charge in [-0.3, -0.25) is 9.59 Å². The summed E-state index contributed by atoms with van der Waals surface area (Å²) in [7, 11) is 1.77. The molecule has 9 nitrogen and oxygen atoms in total. The summed E-state index contributed by atoms with van der Waals surface area (Å²) in [6.45, 7) is 2.82. The van der Waals surface area contributed by atoms with Crippen molar-refractivity contribution >= 4 is 39.7 Å². The predicted molar refractivity (Wildman–Crippen MR) is 126 cm³/mol. The lowest BCUT2D eigenvalue weighted by molar-refractivity contribution is -0.125. The molecule has 5 N–H and O–H groups in total. The van der Waals surface area contributed by atoms with Gasteiger partial charge in [-0.05, 0) is 44.9 Å². The van der Waals surface area contributed by atoms with Crippen molar-refractivity contribution in [2.45, 2.75) is 37.3 Å². The van der Waals surface area contributed by atoms with Crippen LogP contribution in [0.15, 0.2) is 29.6 Å². The van der Waals surface area contributed by atoms with E-state index in [1.807, 2.05) is 24.3 Å². The average Bonchev–Trinajstić information content (AvgIpc) is 3.29. The number of carbonyl (C=O) groups excluding carboxylic acids is 2. The number of anilines is 3. The fraction of sp³-hybridized carbons (Fsp3) is 0.500. The predicted octanol–water partition coefficient (Wildman–Crippen LogP) is 2.03. The molecule has 1 aromatic heterocycles. The molecule has 1 aromatic carbocycles. The highest BCUT2D eigenvalue weighted by Gasteiger charge is 2.38. The van der Waals surface area contributed by atoms with Gasteiger partial charge in [-0.15, -0.1) is 11.3 Å². The maximum absolute atomic E-state index is 12.9. The zero-order valence-corrected chi connectivity index (χ0v) is 19.0. The van der Waals surface area contributed by atoms with Crippen molar-refractivity contribution < 1.29 is 14.3 Å². The highest BCUT2D eigenvalue weighted by Crippen LogP contribution is 2.32. The summed E-state index contributed by atoms with van der Waals surface area (Å²) in [4.78, 5) is 31.5. The third kappa shape index (κ3) is 4.87. The number of nitrogens with one attached hydrogen (secondary N) is 3. The van der Waals surface area contributed by atoms with E-state index in [2.05, 4.69) is 25.8 Å². The molecule has 2 fully saturated rings. The van der Waals surface area contributed by atoms with Crippen molar-refractivity contribution in [2.24, 2.45) is 5.73 Å². The first kappa shape index (κ1) is 22.5. The van der Waals surface area contributed by atoms with Crippen LogP contribution in [0.3, 0.4) is 0 Å². The largest absolute Gasteiger partial charge is 0.381 e. The summed E-state index contributed by atoms with van der Waals surface area (Å²) in [6, 6.07) is 8.03. The molecule has 172 valence electrons. The molecule has 2 saturated heterocycles. The molecule has 0 radical (unpaired) electrons. The summed E-state index contributed by atoms with van der Waals surface area (Å²) in [5, 5.41) is 12.0. The molecule has 32 heavy (non-hydrogen) atoms. The van der Waals surface area contributed by atoms with Crippen molar-refractivity contribution in [3.8, 4) is 0 Å². The summed E-state index contributed by atoms with van der Waals surface area (Å²) >= 11 is 1.43. The minimum Gasteiger partial charge on any atom is -0.381 e. The van der Waals surface area contributed by atoms with E-state index in [4.69, 9.17) is 10.5 Å². The van der Waals surface area contributed by atoms with Crippen LogP contribution in [0.4, 0.5) is 16.5 Å². The van der Waals surface area contributed by atoms with Crippen molar-refractivity contribution in [3.05, 3.63) is 35.3 Å². The van der Waals surface area contributed by atoms with E-state index in [1.54, 1.807) is 12.4 Å². The highest BCUT2D eigenvalue weighted by atomic mass is 32.1. The Labute approximate surface area is 191 Å². The molecule has 2 amide bonds. The average molecular weight is 459 g/mol. The van der Waals surface area contributed by atoms with Crippen LogP contribution in [0.5, 0.6) is 0 Å². The van der Waals surface area contributed by atoms with Gasteiger partial charge in [0.2, 0.25) is 5.91 Å². The Morgan fingerprint density at radius 3 is 2.62 bits per heavy atom. The lowest BCUT2D eigenvalue weighted by atomic mass is 9.86. The van der Waals surface area contributed by atoms with Crippen LogP contribution in [0.2, 0.25) is 0 Å². The second-order valence-corrected chi connectivity index (χ2v) is 9.08. The third-order valence-corrected chi connectivity index (χ3v) is 7.12. The standard InChI is InChI=1S/C22H30N6O3S/c1-24-22(20(23)30)8-10-28(11-9-22)18-5-3-2-4-16(18)26-19(29)17-14-32-21(27-17)25-15-6-12-31-13-7-15/h2-5,14-15,24H,6-13H2,1H3,(H2,23,30)(H,25,27)(H,26,29). The number of benzene rings is 1. The smallest absolute Gasteiger partial charge is 0.275 e. The van der Waals surface area contributed by atoms with Gasteiger partial charge in [0.1, 0.15) is 11.2 Å². The number of ether oxygens (including phenoxy) is 1. The molecule has 2 aliphatic rings. The van der Waals surface area contributed by atoms with Gasteiger partial charge in [0, 0.05) is 37.7 Å². The van der Waals surface area contributed by atoms with Crippen molar-refractivity contribution in [1.82, 2.24) is 10.3 Å². The van der Waals surface area contributed by atoms with Crippen LogP contribution in [0.25, 0.3) is 0 Å². The Morgan fingerprint density at radius 1 is 1.22 bits per heavy atom. The first-order chi connectivity index (χ1) is 15.5. The topological polar surface area (TPSA) is 122 Å². The number of rotatable bonds is 7. The lowest BCUT2D eigenvalue weighted by Gasteiger charge is -2.41. The van der Waals surface area contributed by atoms with Gasteiger partial charge in [0.15, 0.2) is 5.13 Å². The number of para-hydroxylation sites is 2. The molecule has 0 spiro atoms. The van der Waals surface area contributed by atoms with Crippen LogP contribution in [-0.2, 0) is 9.53 Å². The Hall–Kier alpha value is -2.69. The van der Waals surface area contributed by atoms with Crippen molar-refractivity contribution in [2.75, 3.05) is 48.9 Å². The van der Waals surface area contributed by atoms with Gasteiger partial charge in [-0.25, -0.2) is 4.98 Å². The number of thiazole rings is 1. The number of aromatic nitrogens is 1. The maximum atomic E-state index is 12.9. The normalized spacial score (nSPS) is 18.8. The second-order valence-electron chi connectivity index (χ2n) is 8.22. The second kappa shape index (κ2) is 9.85. The van der Waals surface area contributed by atoms with Crippen molar-refractivity contribution in [3.63, 3.8) is 0 Å². The van der Waals surface area contributed by atoms with E-state index in [0.29, 0.717) is 37.7 Å². The third-order valence-electron chi connectivity index (χ3n) is 6.35. The molecule has 0 bridgehead atoms. The monoisotopic (exact) mass is 458 g/mol. The molecule has 0 unspecified atom stereocenters. The molecular formula is C22H30N6O3S. The zero-order valence-electron chi connectivity index (χ0n) is 18.2.